The molecule has 0 radical (unpaired) electrons. The van der Waals surface area contributed by atoms with Gasteiger partial charge in [0.15, 0.2) is 5.69 Å². The van der Waals surface area contributed by atoms with Crippen molar-refractivity contribution >= 4 is 33.4 Å². The molecule has 9 heteroatoms. The number of nitrogens with one attached hydrogen (secondary N) is 1. The van der Waals surface area contributed by atoms with Crippen molar-refractivity contribution in [2.24, 2.45) is 0 Å². The first-order valence-electron chi connectivity index (χ1n) is 8.14. The number of amides is 1. The highest BCUT2D eigenvalue weighted by atomic mass is 79.9. The molecule has 2 aromatic rings. The summed E-state index contributed by atoms with van der Waals surface area (Å²) < 4.78 is 41.2. The van der Waals surface area contributed by atoms with Crippen molar-refractivity contribution in [1.29, 1.82) is 0 Å². The fourth-order valence-electron chi connectivity index (χ4n) is 2.71. The van der Waals surface area contributed by atoms with Crippen molar-refractivity contribution in [3.8, 4) is 0 Å². The molecule has 0 atom stereocenters. The van der Waals surface area contributed by atoms with Crippen LogP contribution in [0.25, 0.3) is 0 Å². The molecule has 1 fully saturated rings. The second-order valence-corrected chi connectivity index (χ2v) is 7.46. The molecule has 0 spiro atoms. The number of carbonyl (C=O) groups excluding carboxylic acids is 1. The third kappa shape index (κ3) is 4.40. The van der Waals surface area contributed by atoms with Gasteiger partial charge in [-0.1, -0.05) is 33.6 Å². The second-order valence-electron chi connectivity index (χ2n) is 6.16. The molecule has 1 aromatic heterocycles. The van der Waals surface area contributed by atoms with E-state index in [-0.39, 0.29) is 23.4 Å². The van der Waals surface area contributed by atoms with Gasteiger partial charge < -0.3 is 5.32 Å². The van der Waals surface area contributed by atoms with Gasteiger partial charge in [0.25, 0.3) is 5.91 Å². The van der Waals surface area contributed by atoms with Crippen molar-refractivity contribution in [3.63, 3.8) is 0 Å². The van der Waals surface area contributed by atoms with Crippen LogP contribution in [0.1, 0.15) is 46.9 Å². The van der Waals surface area contributed by atoms with Gasteiger partial charge in [0.05, 0.1) is 10.7 Å². The normalized spacial score (nSPS) is 14.5. The van der Waals surface area contributed by atoms with Crippen LogP contribution in [0.5, 0.6) is 0 Å². The molecule has 1 amide bonds. The molecule has 1 N–H and O–H groups in total. The Labute approximate surface area is 161 Å². The first-order chi connectivity index (χ1) is 12.3. The monoisotopic (exact) mass is 449 g/mol. The Bertz CT molecular complexity index is 818. The summed E-state index contributed by atoms with van der Waals surface area (Å²) in [5, 5.41) is 6.13. The molecule has 1 aromatic carbocycles. The Morgan fingerprint density at radius 2 is 2.12 bits per heavy atom. The lowest BCUT2D eigenvalue weighted by Crippen LogP contribution is -2.25. The third-order valence-electron chi connectivity index (χ3n) is 4.08. The number of aryl methyl sites for hydroxylation is 1. The maximum atomic E-state index is 13.0. The van der Waals surface area contributed by atoms with E-state index in [1.54, 1.807) is 18.2 Å². The number of alkyl halides is 3. The van der Waals surface area contributed by atoms with E-state index in [1.807, 2.05) is 6.07 Å². The molecule has 26 heavy (non-hydrogen) atoms. The number of benzene rings is 1. The SMILES string of the molecule is O=C(NCCCn1nc(C(F)(F)F)c(Cl)c1C1CC1)c1cccc(Br)c1. The largest absolute Gasteiger partial charge is 0.436 e. The van der Waals surface area contributed by atoms with E-state index in [9.17, 15) is 18.0 Å². The number of carbonyl (C=O) groups is 1. The maximum Gasteiger partial charge on any atom is 0.436 e. The number of halogens is 5. The van der Waals surface area contributed by atoms with E-state index >= 15 is 0 Å². The Kier molecular flexibility index (Phi) is 5.62. The molecule has 3 rings (SSSR count). The summed E-state index contributed by atoms with van der Waals surface area (Å²) >= 11 is 9.23. The summed E-state index contributed by atoms with van der Waals surface area (Å²) in [6.45, 7) is 0.592. The number of aromatic nitrogens is 2. The third-order valence-corrected chi connectivity index (χ3v) is 4.95. The summed E-state index contributed by atoms with van der Waals surface area (Å²) in [7, 11) is 0. The van der Waals surface area contributed by atoms with Crippen LogP contribution in [0.3, 0.4) is 0 Å². The van der Waals surface area contributed by atoms with Crippen LogP contribution in [0.2, 0.25) is 5.02 Å². The Hall–Kier alpha value is -1.54. The lowest BCUT2D eigenvalue weighted by atomic mass is 10.2. The molecule has 4 nitrogen and oxygen atoms in total. The van der Waals surface area contributed by atoms with Gasteiger partial charge in [-0.3, -0.25) is 9.48 Å². The molecule has 1 aliphatic rings. The van der Waals surface area contributed by atoms with Crippen LogP contribution in [0, 0.1) is 0 Å². The summed E-state index contributed by atoms with van der Waals surface area (Å²) in [5.74, 6) is -0.189. The molecule has 1 heterocycles. The average Bonchev–Trinajstić information content (AvgIpc) is 3.34. The highest BCUT2D eigenvalue weighted by Gasteiger charge is 2.41. The predicted molar refractivity (Wildman–Crippen MR) is 95.3 cm³/mol. The standard InChI is InChI=1S/C17H16BrClF3N3O/c18-12-4-1-3-11(9-12)16(26)23-7-2-8-25-14(10-5-6-10)13(19)15(24-25)17(20,21)22/h1,3-4,9-10H,2,5-8H2,(H,23,26). The summed E-state index contributed by atoms with van der Waals surface area (Å²) in [5.41, 5.74) is -0.0592. The number of nitrogens with zero attached hydrogens (tertiary/aromatic N) is 2. The van der Waals surface area contributed by atoms with Crippen molar-refractivity contribution in [2.75, 3.05) is 6.54 Å². The highest BCUT2D eigenvalue weighted by Crippen LogP contribution is 2.46. The predicted octanol–water partition coefficient (Wildman–Crippen LogP) is 5.02. The van der Waals surface area contributed by atoms with Gasteiger partial charge in [-0.15, -0.1) is 0 Å². The smallest absolute Gasteiger partial charge is 0.352 e. The molecule has 0 aliphatic heterocycles. The molecule has 1 saturated carbocycles. The van der Waals surface area contributed by atoms with Crippen molar-refractivity contribution < 1.29 is 18.0 Å². The van der Waals surface area contributed by atoms with Crippen LogP contribution in [-0.4, -0.2) is 22.2 Å². The van der Waals surface area contributed by atoms with Crippen LogP contribution >= 0.6 is 27.5 Å². The van der Waals surface area contributed by atoms with Crippen LogP contribution in [0.15, 0.2) is 28.7 Å². The number of hydrogen-bond acceptors (Lipinski definition) is 2. The van der Waals surface area contributed by atoms with E-state index in [1.165, 1.54) is 4.68 Å². The minimum Gasteiger partial charge on any atom is -0.352 e. The van der Waals surface area contributed by atoms with E-state index in [0.29, 0.717) is 24.2 Å². The quantitative estimate of drug-likeness (QED) is 0.629. The van der Waals surface area contributed by atoms with E-state index in [4.69, 9.17) is 11.6 Å². The van der Waals surface area contributed by atoms with Gasteiger partial charge in [0.1, 0.15) is 0 Å². The van der Waals surface area contributed by atoms with Gasteiger partial charge >= 0.3 is 6.18 Å². The van der Waals surface area contributed by atoms with Gasteiger partial charge in [0, 0.05) is 29.0 Å². The van der Waals surface area contributed by atoms with E-state index < -0.39 is 11.9 Å². The lowest BCUT2D eigenvalue weighted by Gasteiger charge is -2.08. The highest BCUT2D eigenvalue weighted by molar-refractivity contribution is 9.10. The Morgan fingerprint density at radius 1 is 1.38 bits per heavy atom. The van der Waals surface area contributed by atoms with Crippen molar-refractivity contribution in [1.82, 2.24) is 15.1 Å². The zero-order valence-electron chi connectivity index (χ0n) is 13.6. The lowest BCUT2D eigenvalue weighted by molar-refractivity contribution is -0.141. The Balaban J connectivity index is 1.60. The molecule has 0 unspecified atom stereocenters. The maximum absolute atomic E-state index is 13.0. The summed E-state index contributed by atoms with van der Waals surface area (Å²) in [4.78, 5) is 12.1. The molecule has 140 valence electrons. The molecule has 0 saturated heterocycles. The zero-order chi connectivity index (χ0) is 18.9. The number of hydrogen-bond donors (Lipinski definition) is 1. The summed E-state index contributed by atoms with van der Waals surface area (Å²) in [6, 6.07) is 6.96. The van der Waals surface area contributed by atoms with Gasteiger partial charge in [0.2, 0.25) is 0 Å². The van der Waals surface area contributed by atoms with E-state index in [2.05, 4.69) is 26.3 Å². The van der Waals surface area contributed by atoms with Gasteiger partial charge in [-0.25, -0.2) is 0 Å². The fraction of sp³-hybridized carbons (Fsp3) is 0.412. The first-order valence-corrected chi connectivity index (χ1v) is 9.31. The van der Waals surface area contributed by atoms with Crippen LogP contribution in [-0.2, 0) is 12.7 Å². The second kappa shape index (κ2) is 7.60. The Morgan fingerprint density at radius 3 is 2.73 bits per heavy atom. The van der Waals surface area contributed by atoms with Crippen molar-refractivity contribution in [3.05, 3.63) is 50.7 Å². The molecular weight excluding hydrogens is 435 g/mol. The fourth-order valence-corrected chi connectivity index (χ4v) is 3.51. The van der Waals surface area contributed by atoms with Crippen molar-refractivity contribution in [2.45, 2.75) is 37.9 Å². The molecule has 1 aliphatic carbocycles. The van der Waals surface area contributed by atoms with E-state index in [0.717, 1.165) is 17.3 Å². The topological polar surface area (TPSA) is 46.9 Å². The molecule has 0 bridgehead atoms. The zero-order valence-corrected chi connectivity index (χ0v) is 16.0. The first kappa shape index (κ1) is 19.2. The molecular formula is C17H16BrClF3N3O. The van der Waals surface area contributed by atoms with Gasteiger partial charge in [-0.05, 0) is 37.5 Å². The minimum atomic E-state index is -4.57. The minimum absolute atomic E-state index is 0.0439. The number of rotatable bonds is 6. The summed E-state index contributed by atoms with van der Waals surface area (Å²) in [6.07, 6.45) is -2.47. The van der Waals surface area contributed by atoms with Crippen LogP contribution < -0.4 is 5.32 Å². The van der Waals surface area contributed by atoms with Crippen LogP contribution in [0.4, 0.5) is 13.2 Å². The van der Waals surface area contributed by atoms with Gasteiger partial charge in [-0.2, -0.15) is 18.3 Å². The average molecular weight is 451 g/mol.